The van der Waals surface area contributed by atoms with Crippen LogP contribution in [0.15, 0.2) is 72.8 Å². The summed E-state index contributed by atoms with van der Waals surface area (Å²) < 4.78 is 16.4. The van der Waals surface area contributed by atoms with E-state index in [-0.39, 0.29) is 18.9 Å². The number of aryl methyl sites for hydroxylation is 1. The standard InChI is InChI=1S/C32H30ClNO5S/c1-37-25-15-7-21(8-16-25)19-34(32(36)39-20-22-9-17-26(38-2)18-10-22)31-29(27-5-3-4-6-28(27)40-31)30(35)23-11-13-24(33)14-12-23/h7-18H,3-6,19-20H2,1-2H3. The smallest absolute Gasteiger partial charge is 0.415 e. The molecule has 8 heteroatoms. The molecule has 0 aliphatic heterocycles. The number of methoxy groups -OCH3 is 2. The Kier molecular flexibility index (Phi) is 8.72. The van der Waals surface area contributed by atoms with Crippen LogP contribution in [-0.4, -0.2) is 26.1 Å². The SMILES string of the molecule is COc1ccc(COC(=O)N(Cc2ccc(OC)cc2)c2sc3c(c2C(=O)c2ccc(Cl)cc2)CCCC3)cc1. The fraction of sp³-hybridized carbons (Fsp3) is 0.250. The molecule has 0 radical (unpaired) electrons. The van der Waals surface area contributed by atoms with Crippen LogP contribution in [0.1, 0.15) is 50.3 Å². The van der Waals surface area contributed by atoms with Crippen molar-refractivity contribution in [2.24, 2.45) is 0 Å². The van der Waals surface area contributed by atoms with E-state index in [1.54, 1.807) is 43.4 Å². The minimum Gasteiger partial charge on any atom is -0.497 e. The van der Waals surface area contributed by atoms with Gasteiger partial charge in [0, 0.05) is 15.5 Å². The van der Waals surface area contributed by atoms with Crippen LogP contribution in [0.5, 0.6) is 11.5 Å². The number of fused-ring (bicyclic) bond motifs is 1. The van der Waals surface area contributed by atoms with E-state index in [9.17, 15) is 9.59 Å². The zero-order chi connectivity index (χ0) is 28.1. The maximum absolute atomic E-state index is 14.0. The van der Waals surface area contributed by atoms with E-state index in [0.29, 0.717) is 21.2 Å². The first-order chi connectivity index (χ1) is 19.5. The second-order valence-electron chi connectivity index (χ2n) is 9.56. The number of hydrogen-bond donors (Lipinski definition) is 0. The third-order valence-corrected chi connectivity index (χ3v) is 8.54. The van der Waals surface area contributed by atoms with Crippen molar-refractivity contribution in [3.63, 3.8) is 0 Å². The number of thiophene rings is 1. The lowest BCUT2D eigenvalue weighted by molar-refractivity contribution is 0.103. The van der Waals surface area contributed by atoms with Gasteiger partial charge in [-0.2, -0.15) is 0 Å². The number of hydrogen-bond acceptors (Lipinski definition) is 6. The maximum atomic E-state index is 14.0. The molecule has 3 aromatic carbocycles. The molecule has 1 amide bonds. The van der Waals surface area contributed by atoms with Crippen molar-refractivity contribution in [2.75, 3.05) is 19.1 Å². The molecular weight excluding hydrogens is 546 g/mol. The molecule has 0 saturated heterocycles. The first-order valence-electron chi connectivity index (χ1n) is 13.1. The molecule has 0 unspecified atom stereocenters. The van der Waals surface area contributed by atoms with Crippen molar-refractivity contribution in [1.29, 1.82) is 0 Å². The van der Waals surface area contributed by atoms with E-state index < -0.39 is 6.09 Å². The van der Waals surface area contributed by atoms with Crippen LogP contribution in [-0.2, 0) is 30.7 Å². The van der Waals surface area contributed by atoms with Crippen molar-refractivity contribution in [1.82, 2.24) is 0 Å². The summed E-state index contributed by atoms with van der Waals surface area (Å²) in [7, 11) is 3.22. The molecule has 1 aromatic heterocycles. The Morgan fingerprint density at radius 1 is 0.825 bits per heavy atom. The summed E-state index contributed by atoms with van der Waals surface area (Å²) in [4.78, 5) is 30.5. The molecule has 0 saturated carbocycles. The first-order valence-corrected chi connectivity index (χ1v) is 14.3. The monoisotopic (exact) mass is 575 g/mol. The number of rotatable bonds is 9. The zero-order valence-electron chi connectivity index (χ0n) is 22.4. The average molecular weight is 576 g/mol. The summed E-state index contributed by atoms with van der Waals surface area (Å²) in [6, 6.07) is 21.8. The third kappa shape index (κ3) is 6.16. The number of halogens is 1. The first kappa shape index (κ1) is 27.7. The van der Waals surface area contributed by atoms with Crippen molar-refractivity contribution < 1.29 is 23.8 Å². The van der Waals surface area contributed by atoms with Gasteiger partial charge in [-0.05, 0) is 90.9 Å². The molecule has 0 fully saturated rings. The van der Waals surface area contributed by atoms with Crippen LogP contribution >= 0.6 is 22.9 Å². The lowest BCUT2D eigenvalue weighted by atomic mass is 9.91. The highest BCUT2D eigenvalue weighted by molar-refractivity contribution is 7.17. The number of ether oxygens (including phenoxy) is 3. The highest BCUT2D eigenvalue weighted by atomic mass is 35.5. The van der Waals surface area contributed by atoms with Gasteiger partial charge in [0.25, 0.3) is 0 Å². The summed E-state index contributed by atoms with van der Waals surface area (Å²) in [5.41, 5.74) is 3.87. The quantitative estimate of drug-likeness (QED) is 0.190. The molecule has 0 spiro atoms. The number of benzene rings is 3. The van der Waals surface area contributed by atoms with Crippen molar-refractivity contribution in [2.45, 2.75) is 38.8 Å². The fourth-order valence-corrected chi connectivity index (χ4v) is 6.30. The number of ketones is 1. The number of anilines is 1. The van der Waals surface area contributed by atoms with Gasteiger partial charge in [-0.1, -0.05) is 35.9 Å². The molecule has 40 heavy (non-hydrogen) atoms. The molecule has 0 N–H and O–H groups in total. The van der Waals surface area contributed by atoms with Crippen LogP contribution in [0, 0.1) is 0 Å². The van der Waals surface area contributed by atoms with E-state index in [2.05, 4.69) is 0 Å². The van der Waals surface area contributed by atoms with Crippen LogP contribution in [0.25, 0.3) is 0 Å². The Balaban J connectivity index is 1.52. The van der Waals surface area contributed by atoms with Crippen molar-refractivity contribution >= 4 is 39.8 Å². The summed E-state index contributed by atoms with van der Waals surface area (Å²) in [6.07, 6.45) is 3.23. The normalized spacial score (nSPS) is 12.4. The fourth-order valence-electron chi connectivity index (χ4n) is 4.80. The lowest BCUT2D eigenvalue weighted by Crippen LogP contribution is -2.31. The highest BCUT2D eigenvalue weighted by Crippen LogP contribution is 2.42. The van der Waals surface area contributed by atoms with Crippen LogP contribution in [0.4, 0.5) is 9.80 Å². The molecule has 0 bridgehead atoms. The summed E-state index contributed by atoms with van der Waals surface area (Å²) >= 11 is 7.61. The van der Waals surface area contributed by atoms with Gasteiger partial charge in [0.1, 0.15) is 23.1 Å². The number of nitrogens with zero attached hydrogens (tertiary/aromatic N) is 1. The molecule has 4 aromatic rings. The molecule has 1 heterocycles. The minimum atomic E-state index is -0.518. The van der Waals surface area contributed by atoms with Gasteiger partial charge < -0.3 is 14.2 Å². The van der Waals surface area contributed by atoms with Gasteiger partial charge in [0.05, 0.1) is 26.3 Å². The maximum Gasteiger partial charge on any atom is 0.415 e. The van der Waals surface area contributed by atoms with Gasteiger partial charge in [-0.3, -0.25) is 9.69 Å². The lowest BCUT2D eigenvalue weighted by Gasteiger charge is -2.23. The Morgan fingerprint density at radius 2 is 1.43 bits per heavy atom. The van der Waals surface area contributed by atoms with Crippen LogP contribution < -0.4 is 14.4 Å². The van der Waals surface area contributed by atoms with Crippen molar-refractivity contribution in [3.8, 4) is 11.5 Å². The Morgan fingerprint density at radius 3 is 2.05 bits per heavy atom. The molecule has 1 aliphatic rings. The molecule has 6 nitrogen and oxygen atoms in total. The Hall–Kier alpha value is -3.81. The van der Waals surface area contributed by atoms with Crippen LogP contribution in [0.3, 0.4) is 0 Å². The van der Waals surface area contributed by atoms with E-state index in [1.165, 1.54) is 11.3 Å². The highest BCUT2D eigenvalue weighted by Gasteiger charge is 2.32. The largest absolute Gasteiger partial charge is 0.497 e. The van der Waals surface area contributed by atoms with E-state index in [1.807, 2.05) is 48.5 Å². The second-order valence-corrected chi connectivity index (χ2v) is 11.1. The van der Waals surface area contributed by atoms with E-state index in [4.69, 9.17) is 25.8 Å². The predicted molar refractivity (Wildman–Crippen MR) is 158 cm³/mol. The average Bonchev–Trinajstić information content (AvgIpc) is 3.38. The predicted octanol–water partition coefficient (Wildman–Crippen LogP) is 7.87. The van der Waals surface area contributed by atoms with Gasteiger partial charge in [-0.15, -0.1) is 11.3 Å². The second kappa shape index (κ2) is 12.6. The number of carbonyl (C=O) groups is 2. The van der Waals surface area contributed by atoms with Gasteiger partial charge in [0.15, 0.2) is 5.78 Å². The van der Waals surface area contributed by atoms with E-state index >= 15 is 0 Å². The van der Waals surface area contributed by atoms with Gasteiger partial charge >= 0.3 is 6.09 Å². The minimum absolute atomic E-state index is 0.0908. The molecule has 0 atom stereocenters. The van der Waals surface area contributed by atoms with E-state index in [0.717, 1.165) is 58.7 Å². The Bertz CT molecular complexity index is 1480. The Labute approximate surface area is 243 Å². The third-order valence-electron chi connectivity index (χ3n) is 6.97. The summed E-state index contributed by atoms with van der Waals surface area (Å²) in [6.45, 7) is 0.333. The van der Waals surface area contributed by atoms with Crippen molar-refractivity contribution in [3.05, 3.63) is 111 Å². The van der Waals surface area contributed by atoms with Crippen LogP contribution in [0.2, 0.25) is 5.02 Å². The topological polar surface area (TPSA) is 65.1 Å². The zero-order valence-corrected chi connectivity index (χ0v) is 24.0. The molecular formula is C32H30ClNO5S. The number of amides is 1. The van der Waals surface area contributed by atoms with Gasteiger partial charge in [0.2, 0.25) is 0 Å². The molecule has 206 valence electrons. The summed E-state index contributed by atoms with van der Waals surface area (Å²) in [5.74, 6) is 1.34. The molecule has 1 aliphatic carbocycles. The molecule has 5 rings (SSSR count). The van der Waals surface area contributed by atoms with Gasteiger partial charge in [-0.25, -0.2) is 4.79 Å². The summed E-state index contributed by atoms with van der Waals surface area (Å²) in [5, 5.41) is 1.18. The number of carbonyl (C=O) groups excluding carboxylic acids is 2.